The van der Waals surface area contributed by atoms with Gasteiger partial charge in [0.2, 0.25) is 5.82 Å². The molecule has 1 unspecified atom stereocenters. The third-order valence-corrected chi connectivity index (χ3v) is 3.60. The first-order valence-corrected chi connectivity index (χ1v) is 6.86. The van der Waals surface area contributed by atoms with Crippen molar-refractivity contribution in [2.45, 2.75) is 58.4 Å². The molecule has 1 aromatic rings. The van der Waals surface area contributed by atoms with E-state index < -0.39 is 0 Å². The van der Waals surface area contributed by atoms with Gasteiger partial charge < -0.3 is 4.90 Å². The average molecular weight is 250 g/mol. The van der Waals surface area contributed by atoms with Crippen LogP contribution in [0.4, 0.5) is 0 Å². The summed E-state index contributed by atoms with van der Waals surface area (Å²) in [7, 11) is 0. The number of rotatable bonds is 3. The second kappa shape index (κ2) is 5.50. The van der Waals surface area contributed by atoms with Crippen molar-refractivity contribution in [3.8, 4) is 0 Å². The Morgan fingerprint density at radius 2 is 2.28 bits per heavy atom. The average Bonchev–Trinajstić information content (AvgIpc) is 2.87. The van der Waals surface area contributed by atoms with E-state index >= 15 is 0 Å². The molecule has 1 fully saturated rings. The fraction of sp³-hybridized carbons (Fsp3) is 0.769. The first kappa shape index (κ1) is 13.1. The van der Waals surface area contributed by atoms with E-state index in [-0.39, 0.29) is 11.8 Å². The second-order valence-electron chi connectivity index (χ2n) is 5.26. The van der Waals surface area contributed by atoms with Gasteiger partial charge in [0.05, 0.1) is 0 Å². The Morgan fingerprint density at radius 1 is 1.50 bits per heavy atom. The molecule has 1 saturated heterocycles. The fourth-order valence-corrected chi connectivity index (χ4v) is 2.45. The third-order valence-electron chi connectivity index (χ3n) is 3.60. The smallest absolute Gasteiger partial charge is 0.293 e. The maximum absolute atomic E-state index is 12.4. The van der Waals surface area contributed by atoms with Gasteiger partial charge in [-0.3, -0.25) is 9.89 Å². The molecule has 100 valence electrons. The SMILES string of the molecule is CCC1CCCCN1C(=O)c1n[nH]c(C(C)C)n1. The summed E-state index contributed by atoms with van der Waals surface area (Å²) in [4.78, 5) is 18.6. The molecule has 0 spiro atoms. The topological polar surface area (TPSA) is 61.9 Å². The van der Waals surface area contributed by atoms with Crippen molar-refractivity contribution in [1.82, 2.24) is 20.1 Å². The predicted molar refractivity (Wildman–Crippen MR) is 69.4 cm³/mol. The van der Waals surface area contributed by atoms with Gasteiger partial charge in [-0.25, -0.2) is 4.98 Å². The van der Waals surface area contributed by atoms with E-state index in [0.29, 0.717) is 11.9 Å². The van der Waals surface area contributed by atoms with Gasteiger partial charge in [0.1, 0.15) is 5.82 Å². The number of aromatic nitrogens is 3. The van der Waals surface area contributed by atoms with E-state index in [2.05, 4.69) is 22.1 Å². The summed E-state index contributed by atoms with van der Waals surface area (Å²) in [5, 5.41) is 6.90. The van der Waals surface area contributed by atoms with Crippen LogP contribution in [-0.2, 0) is 0 Å². The van der Waals surface area contributed by atoms with Crippen LogP contribution in [0.1, 0.15) is 68.8 Å². The molecular formula is C13H22N4O. The summed E-state index contributed by atoms with van der Waals surface area (Å²) in [6.07, 6.45) is 4.41. The number of piperidine rings is 1. The molecular weight excluding hydrogens is 228 g/mol. The molecule has 1 aliphatic heterocycles. The Hall–Kier alpha value is -1.39. The third kappa shape index (κ3) is 2.54. The van der Waals surface area contributed by atoms with Crippen molar-refractivity contribution in [2.75, 3.05) is 6.54 Å². The Kier molecular flexibility index (Phi) is 3.99. The summed E-state index contributed by atoms with van der Waals surface area (Å²) in [6, 6.07) is 0.354. The van der Waals surface area contributed by atoms with Crippen molar-refractivity contribution in [3.05, 3.63) is 11.6 Å². The summed E-state index contributed by atoms with van der Waals surface area (Å²) in [6.45, 7) is 7.03. The molecule has 18 heavy (non-hydrogen) atoms. The molecule has 1 amide bonds. The molecule has 0 aromatic carbocycles. The summed E-state index contributed by atoms with van der Waals surface area (Å²) in [5.74, 6) is 1.34. The minimum absolute atomic E-state index is 0.0234. The number of amides is 1. The number of hydrogen-bond acceptors (Lipinski definition) is 3. The standard InChI is InChI=1S/C13H22N4O/c1-4-10-7-5-6-8-17(10)13(18)12-14-11(9(2)3)15-16-12/h9-10H,4-8H2,1-3H3,(H,14,15,16). The largest absolute Gasteiger partial charge is 0.333 e. The first-order valence-electron chi connectivity index (χ1n) is 6.86. The Labute approximate surface area is 108 Å². The van der Waals surface area contributed by atoms with Crippen LogP contribution in [-0.4, -0.2) is 38.6 Å². The van der Waals surface area contributed by atoms with Crippen LogP contribution < -0.4 is 0 Å². The monoisotopic (exact) mass is 250 g/mol. The van der Waals surface area contributed by atoms with Crippen molar-refractivity contribution in [1.29, 1.82) is 0 Å². The van der Waals surface area contributed by atoms with Crippen molar-refractivity contribution in [3.63, 3.8) is 0 Å². The quantitative estimate of drug-likeness (QED) is 0.895. The number of likely N-dealkylation sites (tertiary alicyclic amines) is 1. The fourth-order valence-electron chi connectivity index (χ4n) is 2.45. The number of carbonyl (C=O) groups is 1. The normalized spacial score (nSPS) is 20.4. The van der Waals surface area contributed by atoms with Gasteiger partial charge in [0.25, 0.3) is 5.91 Å². The molecule has 0 aliphatic carbocycles. The second-order valence-corrected chi connectivity index (χ2v) is 5.26. The summed E-state index contributed by atoms with van der Waals surface area (Å²) < 4.78 is 0. The van der Waals surface area contributed by atoms with Crippen molar-refractivity contribution in [2.24, 2.45) is 0 Å². The number of nitrogens with zero attached hydrogens (tertiary/aromatic N) is 3. The van der Waals surface area contributed by atoms with Gasteiger partial charge in [-0.1, -0.05) is 20.8 Å². The highest BCUT2D eigenvalue weighted by molar-refractivity contribution is 5.90. The van der Waals surface area contributed by atoms with Gasteiger partial charge in [-0.2, -0.15) is 0 Å². The van der Waals surface area contributed by atoms with Crippen LogP contribution in [0.15, 0.2) is 0 Å². The molecule has 5 heteroatoms. The molecule has 2 rings (SSSR count). The van der Waals surface area contributed by atoms with Crippen LogP contribution in [0.2, 0.25) is 0 Å². The number of nitrogens with one attached hydrogen (secondary N) is 1. The highest BCUT2D eigenvalue weighted by Crippen LogP contribution is 2.21. The van der Waals surface area contributed by atoms with E-state index in [1.165, 1.54) is 6.42 Å². The van der Waals surface area contributed by atoms with Crippen molar-refractivity contribution < 1.29 is 4.79 Å². The van der Waals surface area contributed by atoms with E-state index in [4.69, 9.17) is 0 Å². The van der Waals surface area contributed by atoms with Crippen LogP contribution in [0.5, 0.6) is 0 Å². The molecule has 0 saturated carbocycles. The highest BCUT2D eigenvalue weighted by atomic mass is 16.2. The van der Waals surface area contributed by atoms with Gasteiger partial charge in [-0.15, -0.1) is 5.10 Å². The summed E-state index contributed by atoms with van der Waals surface area (Å²) >= 11 is 0. The molecule has 1 atom stereocenters. The van der Waals surface area contributed by atoms with Crippen molar-refractivity contribution >= 4 is 5.91 Å². The minimum Gasteiger partial charge on any atom is -0.333 e. The lowest BCUT2D eigenvalue weighted by Crippen LogP contribution is -2.43. The van der Waals surface area contributed by atoms with Crippen LogP contribution in [0.3, 0.4) is 0 Å². The minimum atomic E-state index is -0.0234. The number of aromatic amines is 1. The lowest BCUT2D eigenvalue weighted by Gasteiger charge is -2.34. The summed E-state index contributed by atoms with van der Waals surface area (Å²) in [5.41, 5.74) is 0. The maximum atomic E-state index is 12.4. The Morgan fingerprint density at radius 3 is 2.89 bits per heavy atom. The van der Waals surface area contributed by atoms with E-state index in [1.807, 2.05) is 18.7 Å². The first-order chi connectivity index (χ1) is 8.63. The van der Waals surface area contributed by atoms with Crippen LogP contribution in [0, 0.1) is 0 Å². The van der Waals surface area contributed by atoms with Gasteiger partial charge in [-0.05, 0) is 25.7 Å². The van der Waals surface area contributed by atoms with E-state index in [0.717, 1.165) is 31.6 Å². The molecule has 0 radical (unpaired) electrons. The molecule has 2 heterocycles. The van der Waals surface area contributed by atoms with Crippen LogP contribution in [0.25, 0.3) is 0 Å². The molecule has 1 aromatic heterocycles. The zero-order valence-corrected chi connectivity index (χ0v) is 11.4. The zero-order chi connectivity index (χ0) is 13.1. The molecule has 0 bridgehead atoms. The highest BCUT2D eigenvalue weighted by Gasteiger charge is 2.28. The molecule has 1 aliphatic rings. The lowest BCUT2D eigenvalue weighted by atomic mass is 10.00. The predicted octanol–water partition coefficient (Wildman–Crippen LogP) is 2.33. The van der Waals surface area contributed by atoms with Gasteiger partial charge in [0, 0.05) is 18.5 Å². The number of hydrogen-bond donors (Lipinski definition) is 1. The maximum Gasteiger partial charge on any atom is 0.293 e. The zero-order valence-electron chi connectivity index (χ0n) is 11.4. The Bertz CT molecular complexity index is 413. The Balaban J connectivity index is 2.13. The number of carbonyl (C=O) groups excluding carboxylic acids is 1. The van der Waals surface area contributed by atoms with Crippen LogP contribution >= 0.6 is 0 Å². The molecule has 1 N–H and O–H groups in total. The van der Waals surface area contributed by atoms with Gasteiger partial charge in [0.15, 0.2) is 0 Å². The van der Waals surface area contributed by atoms with E-state index in [1.54, 1.807) is 0 Å². The molecule has 5 nitrogen and oxygen atoms in total. The lowest BCUT2D eigenvalue weighted by molar-refractivity contribution is 0.0595. The van der Waals surface area contributed by atoms with E-state index in [9.17, 15) is 4.79 Å². The number of H-pyrrole nitrogens is 1. The van der Waals surface area contributed by atoms with Gasteiger partial charge >= 0.3 is 0 Å².